The lowest BCUT2D eigenvalue weighted by molar-refractivity contribution is -0.148. The van der Waals surface area contributed by atoms with Gasteiger partial charge in [-0.2, -0.15) is 0 Å². The Kier molecular flexibility index (Phi) is 5.82. The van der Waals surface area contributed by atoms with E-state index >= 15 is 0 Å². The smallest absolute Gasteiger partial charge is 0.312 e. The number of nitrogens with one attached hydrogen (secondary N) is 1. The quantitative estimate of drug-likeness (QED) is 0.765. The van der Waals surface area contributed by atoms with Crippen LogP contribution in [0.2, 0.25) is 0 Å². The second kappa shape index (κ2) is 7.14. The monoisotopic (exact) mass is 281 g/mol. The SMILES string of the molecule is CCNCc1cc(OC)ccc1OCC(C)(C)C(=O)O. The molecule has 0 bridgehead atoms. The molecule has 112 valence electrons. The van der Waals surface area contributed by atoms with E-state index in [9.17, 15) is 4.79 Å². The number of benzene rings is 1. The fourth-order valence-electron chi connectivity index (χ4n) is 1.54. The summed E-state index contributed by atoms with van der Waals surface area (Å²) in [4.78, 5) is 11.1. The number of hydrogen-bond acceptors (Lipinski definition) is 4. The van der Waals surface area contributed by atoms with Gasteiger partial charge in [-0.05, 0) is 38.6 Å². The van der Waals surface area contributed by atoms with Gasteiger partial charge in [0.2, 0.25) is 0 Å². The summed E-state index contributed by atoms with van der Waals surface area (Å²) in [5.74, 6) is 0.558. The van der Waals surface area contributed by atoms with Crippen LogP contribution in [0.3, 0.4) is 0 Å². The van der Waals surface area contributed by atoms with Gasteiger partial charge in [0.05, 0.1) is 12.5 Å². The summed E-state index contributed by atoms with van der Waals surface area (Å²) in [5, 5.41) is 12.3. The zero-order chi connectivity index (χ0) is 15.2. The number of carboxylic acids is 1. The highest BCUT2D eigenvalue weighted by Gasteiger charge is 2.28. The summed E-state index contributed by atoms with van der Waals surface area (Å²) in [5.41, 5.74) is 0.0300. The molecule has 1 aromatic carbocycles. The Morgan fingerprint density at radius 3 is 2.65 bits per heavy atom. The van der Waals surface area contributed by atoms with E-state index in [1.807, 2.05) is 19.1 Å². The highest BCUT2D eigenvalue weighted by Crippen LogP contribution is 2.26. The number of hydrogen-bond donors (Lipinski definition) is 2. The van der Waals surface area contributed by atoms with E-state index in [1.54, 1.807) is 27.0 Å². The van der Waals surface area contributed by atoms with E-state index in [2.05, 4.69) is 5.32 Å². The van der Waals surface area contributed by atoms with Gasteiger partial charge in [0.15, 0.2) is 0 Å². The summed E-state index contributed by atoms with van der Waals surface area (Å²) in [6.45, 7) is 6.92. The topological polar surface area (TPSA) is 67.8 Å². The van der Waals surface area contributed by atoms with Crippen molar-refractivity contribution in [1.29, 1.82) is 0 Å². The fourth-order valence-corrected chi connectivity index (χ4v) is 1.54. The number of aliphatic carboxylic acids is 1. The predicted molar refractivity (Wildman–Crippen MR) is 77.3 cm³/mol. The minimum Gasteiger partial charge on any atom is -0.497 e. The van der Waals surface area contributed by atoms with Crippen LogP contribution in [0.15, 0.2) is 18.2 Å². The van der Waals surface area contributed by atoms with Crippen molar-refractivity contribution < 1.29 is 19.4 Å². The third-order valence-corrected chi connectivity index (χ3v) is 3.00. The molecule has 0 aliphatic carbocycles. The Bertz CT molecular complexity index is 457. The maximum Gasteiger partial charge on any atom is 0.312 e. The normalized spacial score (nSPS) is 11.2. The van der Waals surface area contributed by atoms with E-state index in [1.165, 1.54) is 0 Å². The van der Waals surface area contributed by atoms with E-state index in [0.29, 0.717) is 12.3 Å². The van der Waals surface area contributed by atoms with E-state index < -0.39 is 11.4 Å². The first-order chi connectivity index (χ1) is 9.40. The first kappa shape index (κ1) is 16.3. The minimum absolute atomic E-state index is 0.119. The zero-order valence-corrected chi connectivity index (χ0v) is 12.5. The Hall–Kier alpha value is -1.75. The molecule has 0 saturated carbocycles. The number of ether oxygens (including phenoxy) is 2. The second-order valence-corrected chi connectivity index (χ2v) is 5.23. The Balaban J connectivity index is 2.85. The predicted octanol–water partition coefficient (Wildman–Crippen LogP) is 2.29. The molecule has 0 radical (unpaired) electrons. The van der Waals surface area contributed by atoms with Gasteiger partial charge in [-0.25, -0.2) is 0 Å². The molecule has 0 amide bonds. The molecule has 0 fully saturated rings. The van der Waals surface area contributed by atoms with Gasteiger partial charge < -0.3 is 19.9 Å². The van der Waals surface area contributed by atoms with Crippen LogP contribution in [-0.4, -0.2) is 31.3 Å². The number of rotatable bonds is 8. The van der Waals surface area contributed by atoms with Crippen molar-refractivity contribution in [2.75, 3.05) is 20.3 Å². The van der Waals surface area contributed by atoms with Crippen LogP contribution < -0.4 is 14.8 Å². The molecular formula is C15H23NO4. The Morgan fingerprint density at radius 1 is 1.40 bits per heavy atom. The van der Waals surface area contributed by atoms with Crippen LogP contribution >= 0.6 is 0 Å². The number of carboxylic acid groups (broad SMARTS) is 1. The molecule has 0 atom stereocenters. The first-order valence-electron chi connectivity index (χ1n) is 6.64. The Labute approximate surface area is 119 Å². The van der Waals surface area contributed by atoms with Crippen molar-refractivity contribution in [3.63, 3.8) is 0 Å². The molecule has 0 aromatic heterocycles. The lowest BCUT2D eigenvalue weighted by Gasteiger charge is -2.21. The third-order valence-electron chi connectivity index (χ3n) is 3.00. The van der Waals surface area contributed by atoms with E-state index in [0.717, 1.165) is 17.9 Å². The molecule has 2 N–H and O–H groups in total. The molecule has 0 heterocycles. The van der Waals surface area contributed by atoms with Gasteiger partial charge in [-0.3, -0.25) is 4.79 Å². The van der Waals surface area contributed by atoms with Crippen LogP contribution in [-0.2, 0) is 11.3 Å². The molecule has 0 saturated heterocycles. The lowest BCUT2D eigenvalue weighted by atomic mass is 9.95. The third kappa shape index (κ3) is 4.42. The van der Waals surface area contributed by atoms with Crippen LogP contribution in [0.1, 0.15) is 26.3 Å². The van der Waals surface area contributed by atoms with Gasteiger partial charge in [0.1, 0.15) is 18.1 Å². The molecule has 5 nitrogen and oxygen atoms in total. The van der Waals surface area contributed by atoms with Crippen molar-refractivity contribution in [3.05, 3.63) is 23.8 Å². The maximum absolute atomic E-state index is 11.1. The van der Waals surface area contributed by atoms with Crippen molar-refractivity contribution >= 4 is 5.97 Å². The number of carbonyl (C=O) groups is 1. The molecule has 20 heavy (non-hydrogen) atoms. The average Bonchev–Trinajstić information content (AvgIpc) is 2.43. The average molecular weight is 281 g/mol. The minimum atomic E-state index is -0.921. The molecule has 0 spiro atoms. The molecule has 1 aromatic rings. The molecular weight excluding hydrogens is 258 g/mol. The fraction of sp³-hybridized carbons (Fsp3) is 0.533. The van der Waals surface area contributed by atoms with Crippen molar-refractivity contribution in [2.24, 2.45) is 5.41 Å². The van der Waals surface area contributed by atoms with Crippen molar-refractivity contribution in [1.82, 2.24) is 5.32 Å². The summed E-state index contributed by atoms with van der Waals surface area (Å²) >= 11 is 0. The van der Waals surface area contributed by atoms with Gasteiger partial charge in [0, 0.05) is 12.1 Å². The summed E-state index contributed by atoms with van der Waals surface area (Å²) < 4.78 is 10.9. The standard InChI is InChI=1S/C15H23NO4/c1-5-16-9-11-8-12(19-4)6-7-13(11)20-10-15(2,3)14(17)18/h6-8,16H,5,9-10H2,1-4H3,(H,17,18). The Morgan fingerprint density at radius 2 is 2.10 bits per heavy atom. The van der Waals surface area contributed by atoms with Gasteiger partial charge >= 0.3 is 5.97 Å². The summed E-state index contributed by atoms with van der Waals surface area (Å²) in [7, 11) is 1.61. The molecule has 0 aliphatic heterocycles. The summed E-state index contributed by atoms with van der Waals surface area (Å²) in [6, 6.07) is 5.51. The van der Waals surface area contributed by atoms with Crippen molar-refractivity contribution in [2.45, 2.75) is 27.3 Å². The van der Waals surface area contributed by atoms with Gasteiger partial charge in [0.25, 0.3) is 0 Å². The second-order valence-electron chi connectivity index (χ2n) is 5.23. The van der Waals surface area contributed by atoms with Crippen LogP contribution in [0.25, 0.3) is 0 Å². The van der Waals surface area contributed by atoms with Crippen LogP contribution in [0.5, 0.6) is 11.5 Å². The van der Waals surface area contributed by atoms with Crippen molar-refractivity contribution in [3.8, 4) is 11.5 Å². The van der Waals surface area contributed by atoms with E-state index in [-0.39, 0.29) is 6.61 Å². The zero-order valence-electron chi connectivity index (χ0n) is 12.5. The highest BCUT2D eigenvalue weighted by molar-refractivity contribution is 5.73. The molecule has 0 aliphatic rings. The lowest BCUT2D eigenvalue weighted by Crippen LogP contribution is -2.31. The van der Waals surface area contributed by atoms with Crippen LogP contribution in [0.4, 0.5) is 0 Å². The first-order valence-corrected chi connectivity index (χ1v) is 6.64. The number of methoxy groups -OCH3 is 1. The van der Waals surface area contributed by atoms with Crippen LogP contribution in [0, 0.1) is 5.41 Å². The van der Waals surface area contributed by atoms with Gasteiger partial charge in [-0.15, -0.1) is 0 Å². The van der Waals surface area contributed by atoms with Gasteiger partial charge in [-0.1, -0.05) is 6.92 Å². The maximum atomic E-state index is 11.1. The molecule has 1 rings (SSSR count). The highest BCUT2D eigenvalue weighted by atomic mass is 16.5. The molecule has 0 unspecified atom stereocenters. The molecule has 5 heteroatoms. The summed E-state index contributed by atoms with van der Waals surface area (Å²) in [6.07, 6.45) is 0. The largest absolute Gasteiger partial charge is 0.497 e. The van der Waals surface area contributed by atoms with E-state index in [4.69, 9.17) is 14.6 Å².